The molecule has 0 spiro atoms. The molecule has 0 aromatic carbocycles. The Bertz CT molecular complexity index is 337. The molecule has 2 heterocycles. The van der Waals surface area contributed by atoms with E-state index in [9.17, 15) is 4.79 Å². The van der Waals surface area contributed by atoms with Gasteiger partial charge in [0, 0.05) is 26.0 Å². The predicted molar refractivity (Wildman–Crippen MR) is 58.8 cm³/mol. The molecular formula is C11H17N3O2. The lowest BCUT2D eigenvalue weighted by molar-refractivity contribution is -0.136. The first-order chi connectivity index (χ1) is 7.81. The minimum Gasteiger partial charge on any atom is -0.375 e. The number of amides is 1. The van der Waals surface area contributed by atoms with Gasteiger partial charge in [0.25, 0.3) is 0 Å². The minimum atomic E-state index is 0.0807. The molecule has 1 fully saturated rings. The zero-order chi connectivity index (χ0) is 11.4. The number of carbonyl (C=O) groups excluding carboxylic acids is 1. The zero-order valence-electron chi connectivity index (χ0n) is 9.50. The van der Waals surface area contributed by atoms with Gasteiger partial charge in [0.05, 0.1) is 12.6 Å². The minimum absolute atomic E-state index is 0.0807. The first-order valence-electron chi connectivity index (χ1n) is 5.57. The second kappa shape index (κ2) is 5.12. The van der Waals surface area contributed by atoms with Crippen LogP contribution in [-0.4, -0.2) is 46.9 Å². The molecule has 1 aliphatic heterocycles. The summed E-state index contributed by atoms with van der Waals surface area (Å²) in [5, 5.41) is 4.17. The van der Waals surface area contributed by atoms with Gasteiger partial charge >= 0.3 is 0 Å². The second-order valence-electron chi connectivity index (χ2n) is 4.04. The normalized spacial score (nSPS) is 20.3. The van der Waals surface area contributed by atoms with Crippen LogP contribution in [0.1, 0.15) is 12.8 Å². The van der Waals surface area contributed by atoms with Crippen molar-refractivity contribution in [3.8, 4) is 0 Å². The van der Waals surface area contributed by atoms with Gasteiger partial charge in [0.1, 0.15) is 6.61 Å². The fourth-order valence-electron chi connectivity index (χ4n) is 2.18. The Labute approximate surface area is 95.0 Å². The molecule has 5 nitrogen and oxygen atoms in total. The van der Waals surface area contributed by atoms with Gasteiger partial charge in [-0.1, -0.05) is 0 Å². The molecule has 1 amide bonds. The first-order valence-corrected chi connectivity index (χ1v) is 5.57. The molecule has 0 radical (unpaired) electrons. The molecule has 1 aromatic rings. The van der Waals surface area contributed by atoms with Crippen molar-refractivity contribution in [2.75, 3.05) is 20.3 Å². The summed E-state index contributed by atoms with van der Waals surface area (Å²) in [6.07, 6.45) is 5.81. The molecule has 0 bridgehead atoms. The predicted octanol–water partition coefficient (Wildman–Crippen LogP) is 0.520. The lowest BCUT2D eigenvalue weighted by atomic mass is 10.2. The van der Waals surface area contributed by atoms with Crippen LogP contribution in [0.4, 0.5) is 0 Å². The third-order valence-electron chi connectivity index (χ3n) is 2.92. The lowest BCUT2D eigenvalue weighted by Crippen LogP contribution is -2.40. The molecule has 1 atom stereocenters. The number of hydrogen-bond acceptors (Lipinski definition) is 3. The highest BCUT2D eigenvalue weighted by molar-refractivity contribution is 5.78. The highest BCUT2D eigenvalue weighted by Gasteiger charge is 2.28. The third-order valence-corrected chi connectivity index (χ3v) is 2.92. The van der Waals surface area contributed by atoms with E-state index in [-0.39, 0.29) is 18.6 Å². The average molecular weight is 223 g/mol. The van der Waals surface area contributed by atoms with E-state index in [2.05, 4.69) is 5.10 Å². The van der Waals surface area contributed by atoms with Gasteiger partial charge in [-0.25, -0.2) is 0 Å². The number of ether oxygens (including phenoxy) is 1. The summed E-state index contributed by atoms with van der Waals surface area (Å²) in [4.78, 5) is 13.7. The summed E-state index contributed by atoms with van der Waals surface area (Å²) in [5.41, 5.74) is 0. The van der Waals surface area contributed by atoms with Crippen LogP contribution in [0.3, 0.4) is 0 Å². The molecule has 2 rings (SSSR count). The molecule has 5 heteroatoms. The molecule has 1 aromatic heterocycles. The summed E-state index contributed by atoms with van der Waals surface area (Å²) >= 11 is 0. The number of carbonyl (C=O) groups is 1. The Hall–Kier alpha value is -1.36. The highest BCUT2D eigenvalue weighted by Crippen LogP contribution is 2.18. The largest absolute Gasteiger partial charge is 0.375 e. The maximum Gasteiger partial charge on any atom is 0.248 e. The van der Waals surface area contributed by atoms with Crippen molar-refractivity contribution in [1.29, 1.82) is 0 Å². The topological polar surface area (TPSA) is 47.4 Å². The molecule has 0 aliphatic carbocycles. The number of methoxy groups -OCH3 is 1. The van der Waals surface area contributed by atoms with Crippen molar-refractivity contribution >= 4 is 5.91 Å². The van der Waals surface area contributed by atoms with Crippen molar-refractivity contribution < 1.29 is 9.53 Å². The molecule has 88 valence electrons. The average Bonchev–Trinajstić information content (AvgIpc) is 2.90. The molecule has 0 N–H and O–H groups in total. The molecule has 1 saturated heterocycles. The van der Waals surface area contributed by atoms with Gasteiger partial charge in [-0.15, -0.1) is 0 Å². The van der Waals surface area contributed by atoms with Crippen LogP contribution in [0.15, 0.2) is 18.5 Å². The molecule has 1 aliphatic rings. The van der Waals surface area contributed by atoms with Crippen molar-refractivity contribution in [3.05, 3.63) is 18.5 Å². The first kappa shape index (κ1) is 11.1. The van der Waals surface area contributed by atoms with E-state index in [1.807, 2.05) is 21.8 Å². The van der Waals surface area contributed by atoms with E-state index in [0.717, 1.165) is 25.9 Å². The number of rotatable bonds is 4. The maximum atomic E-state index is 11.8. The van der Waals surface area contributed by atoms with E-state index in [1.54, 1.807) is 13.3 Å². The number of hydrogen-bond donors (Lipinski definition) is 0. The van der Waals surface area contributed by atoms with E-state index >= 15 is 0 Å². The fraction of sp³-hybridized carbons (Fsp3) is 0.636. The SMILES string of the molecule is COCC(=O)N1CCC[C@H]1Cn1cccn1. The van der Waals surface area contributed by atoms with Crippen LogP contribution < -0.4 is 0 Å². The number of likely N-dealkylation sites (tertiary alicyclic amines) is 1. The quantitative estimate of drug-likeness (QED) is 0.747. The second-order valence-corrected chi connectivity index (χ2v) is 4.04. The van der Waals surface area contributed by atoms with E-state index in [0.29, 0.717) is 0 Å². The van der Waals surface area contributed by atoms with Crippen LogP contribution in [0.2, 0.25) is 0 Å². The molecule has 0 saturated carbocycles. The van der Waals surface area contributed by atoms with Crippen molar-refractivity contribution in [3.63, 3.8) is 0 Å². The Kier molecular flexibility index (Phi) is 3.56. The molecule has 16 heavy (non-hydrogen) atoms. The highest BCUT2D eigenvalue weighted by atomic mass is 16.5. The van der Waals surface area contributed by atoms with Crippen molar-refractivity contribution in [2.45, 2.75) is 25.4 Å². The van der Waals surface area contributed by atoms with Gasteiger partial charge in [-0.05, 0) is 18.9 Å². The van der Waals surface area contributed by atoms with Gasteiger partial charge in [-0.3, -0.25) is 9.48 Å². The van der Waals surface area contributed by atoms with Gasteiger partial charge in [0.15, 0.2) is 0 Å². The van der Waals surface area contributed by atoms with Crippen molar-refractivity contribution in [1.82, 2.24) is 14.7 Å². The Balaban J connectivity index is 1.95. The zero-order valence-corrected chi connectivity index (χ0v) is 9.50. The summed E-state index contributed by atoms with van der Waals surface area (Å²) in [6, 6.07) is 2.17. The lowest BCUT2D eigenvalue weighted by Gasteiger charge is -2.24. The number of nitrogens with zero attached hydrogens (tertiary/aromatic N) is 3. The summed E-state index contributed by atoms with van der Waals surface area (Å²) < 4.78 is 6.76. The summed E-state index contributed by atoms with van der Waals surface area (Å²) in [6.45, 7) is 1.80. The van der Waals surface area contributed by atoms with Gasteiger partial charge in [0.2, 0.25) is 5.91 Å². The van der Waals surface area contributed by atoms with Crippen LogP contribution in [-0.2, 0) is 16.1 Å². The molecular weight excluding hydrogens is 206 g/mol. The smallest absolute Gasteiger partial charge is 0.248 e. The Morgan fingerprint density at radius 3 is 3.19 bits per heavy atom. The maximum absolute atomic E-state index is 11.8. The molecule has 0 unspecified atom stereocenters. The summed E-state index contributed by atoms with van der Waals surface area (Å²) in [5.74, 6) is 0.0807. The van der Waals surface area contributed by atoms with Gasteiger partial charge in [-0.2, -0.15) is 5.10 Å². The van der Waals surface area contributed by atoms with Crippen molar-refractivity contribution in [2.24, 2.45) is 0 Å². The van der Waals surface area contributed by atoms with Crippen LogP contribution in [0, 0.1) is 0 Å². The standard InChI is InChI=1S/C11H17N3O2/c1-16-9-11(15)14-7-2-4-10(14)8-13-6-3-5-12-13/h3,5-6,10H,2,4,7-9H2,1H3/t10-/m0/s1. The Morgan fingerprint density at radius 1 is 1.62 bits per heavy atom. The van der Waals surface area contributed by atoms with Gasteiger partial charge < -0.3 is 9.64 Å². The number of aromatic nitrogens is 2. The summed E-state index contributed by atoms with van der Waals surface area (Å²) in [7, 11) is 1.55. The van der Waals surface area contributed by atoms with Crippen LogP contribution in [0.25, 0.3) is 0 Å². The van der Waals surface area contributed by atoms with E-state index < -0.39 is 0 Å². The van der Waals surface area contributed by atoms with E-state index in [4.69, 9.17) is 4.74 Å². The Morgan fingerprint density at radius 2 is 2.50 bits per heavy atom. The monoisotopic (exact) mass is 223 g/mol. The van der Waals surface area contributed by atoms with Crippen LogP contribution >= 0.6 is 0 Å². The van der Waals surface area contributed by atoms with E-state index in [1.165, 1.54) is 0 Å². The van der Waals surface area contributed by atoms with Crippen LogP contribution in [0.5, 0.6) is 0 Å². The third kappa shape index (κ3) is 2.41. The fourth-order valence-corrected chi connectivity index (χ4v) is 2.18.